The molecule has 0 amide bonds. The van der Waals surface area contributed by atoms with Crippen LogP contribution < -0.4 is 15.7 Å². The standard InChI is InChI=1S/C41H48B2O5/c1-28(2)7-6-8-29(3)19-20-44-35-15-11-32(12-16-35)41(38-25-30(4)9-10-31(38)5)39-26-33(42-45-21-22-46-42)13-17-36(39)37-18-14-34(27-40(37)41)43-47-23-24-48-43/h9-18,25-29H,6-8,19-24H2,1-5H3. The summed E-state index contributed by atoms with van der Waals surface area (Å²) in [6.45, 7) is 14.5. The van der Waals surface area contributed by atoms with Crippen LogP contribution in [0.15, 0.2) is 78.9 Å². The van der Waals surface area contributed by atoms with E-state index >= 15 is 0 Å². The third kappa shape index (κ3) is 6.38. The maximum atomic E-state index is 6.35. The lowest BCUT2D eigenvalue weighted by Crippen LogP contribution is -2.36. The summed E-state index contributed by atoms with van der Waals surface area (Å²) in [7, 11) is -0.732. The second-order valence-corrected chi connectivity index (χ2v) is 14.4. The van der Waals surface area contributed by atoms with E-state index in [-0.39, 0.29) is 14.2 Å². The van der Waals surface area contributed by atoms with Gasteiger partial charge in [-0.25, -0.2) is 0 Å². The Balaban J connectivity index is 1.32. The summed E-state index contributed by atoms with van der Waals surface area (Å²) < 4.78 is 30.4. The molecule has 2 aliphatic heterocycles. The number of aryl methyl sites for hydroxylation is 2. The Morgan fingerprint density at radius 1 is 0.646 bits per heavy atom. The van der Waals surface area contributed by atoms with Crippen LogP contribution in [0.25, 0.3) is 11.1 Å². The molecule has 0 bridgehead atoms. The van der Waals surface area contributed by atoms with Crippen molar-refractivity contribution in [1.29, 1.82) is 0 Å². The molecule has 2 heterocycles. The van der Waals surface area contributed by atoms with Crippen LogP contribution in [-0.4, -0.2) is 47.3 Å². The maximum Gasteiger partial charge on any atom is 0.494 e. The topological polar surface area (TPSA) is 46.2 Å². The summed E-state index contributed by atoms with van der Waals surface area (Å²) in [5.41, 5.74) is 11.3. The minimum atomic E-state index is -0.590. The van der Waals surface area contributed by atoms with Crippen molar-refractivity contribution in [1.82, 2.24) is 0 Å². The van der Waals surface area contributed by atoms with E-state index in [1.165, 1.54) is 63.8 Å². The van der Waals surface area contributed by atoms with E-state index in [9.17, 15) is 0 Å². The minimum Gasteiger partial charge on any atom is -0.494 e. The molecule has 4 aromatic carbocycles. The van der Waals surface area contributed by atoms with Gasteiger partial charge in [-0.1, -0.05) is 112 Å². The Morgan fingerprint density at radius 2 is 1.23 bits per heavy atom. The van der Waals surface area contributed by atoms with Crippen molar-refractivity contribution in [2.45, 2.75) is 65.7 Å². The highest BCUT2D eigenvalue weighted by Gasteiger charge is 2.48. The summed E-state index contributed by atoms with van der Waals surface area (Å²) in [5.74, 6) is 2.33. The Labute approximate surface area is 287 Å². The lowest BCUT2D eigenvalue weighted by atomic mass is 9.64. The quantitative estimate of drug-likeness (QED) is 0.133. The first-order valence-corrected chi connectivity index (χ1v) is 17.9. The van der Waals surface area contributed by atoms with Gasteiger partial charge in [-0.3, -0.25) is 0 Å². The molecule has 48 heavy (non-hydrogen) atoms. The fourth-order valence-corrected chi connectivity index (χ4v) is 7.85. The Morgan fingerprint density at radius 3 is 1.79 bits per heavy atom. The molecule has 0 spiro atoms. The average Bonchev–Trinajstić information content (AvgIpc) is 3.87. The summed E-state index contributed by atoms with van der Waals surface area (Å²) in [6.07, 6.45) is 4.91. The fourth-order valence-electron chi connectivity index (χ4n) is 7.85. The molecule has 7 heteroatoms. The molecule has 3 aliphatic rings. The highest BCUT2D eigenvalue weighted by atomic mass is 16.6. The number of benzene rings is 4. The summed E-state index contributed by atoms with van der Waals surface area (Å²) >= 11 is 0. The molecule has 0 aromatic heterocycles. The molecular weight excluding hydrogens is 594 g/mol. The summed E-state index contributed by atoms with van der Waals surface area (Å²) in [5, 5.41) is 0. The first kappa shape index (κ1) is 33.2. The SMILES string of the molecule is Cc1ccc(C)c(C2(c3ccc(OCCC(C)CCCC(C)C)cc3)c3cc(B4OCCO4)ccc3-c3ccc(B4OCCO4)cc32)c1. The Hall–Kier alpha value is -3.35. The van der Waals surface area contributed by atoms with Gasteiger partial charge < -0.3 is 23.4 Å². The highest BCUT2D eigenvalue weighted by Crippen LogP contribution is 2.56. The lowest BCUT2D eigenvalue weighted by molar-refractivity contribution is 0.275. The van der Waals surface area contributed by atoms with Crippen LogP contribution >= 0.6 is 0 Å². The molecule has 0 radical (unpaired) electrons. The van der Waals surface area contributed by atoms with Gasteiger partial charge in [0, 0.05) is 0 Å². The lowest BCUT2D eigenvalue weighted by Gasteiger charge is -2.36. The first-order valence-electron chi connectivity index (χ1n) is 17.9. The fraction of sp³-hybridized carbons (Fsp3) is 0.415. The first-order chi connectivity index (χ1) is 23.3. The second-order valence-electron chi connectivity index (χ2n) is 14.4. The Bertz CT molecular complexity index is 1660. The van der Waals surface area contributed by atoms with Crippen LogP contribution in [-0.2, 0) is 24.0 Å². The van der Waals surface area contributed by atoms with E-state index in [2.05, 4.69) is 113 Å². The second kappa shape index (κ2) is 14.2. The number of ether oxygens (including phenoxy) is 1. The smallest absolute Gasteiger partial charge is 0.494 e. The zero-order chi connectivity index (χ0) is 33.3. The van der Waals surface area contributed by atoms with Crippen LogP contribution in [0.5, 0.6) is 5.75 Å². The van der Waals surface area contributed by atoms with Crippen molar-refractivity contribution >= 4 is 25.2 Å². The van der Waals surface area contributed by atoms with Gasteiger partial charge in [-0.2, -0.15) is 0 Å². The van der Waals surface area contributed by atoms with Gasteiger partial charge in [0.2, 0.25) is 0 Å². The average molecular weight is 642 g/mol. The molecule has 1 aliphatic carbocycles. The predicted molar refractivity (Wildman–Crippen MR) is 196 cm³/mol. The molecule has 0 saturated carbocycles. The number of hydrogen-bond acceptors (Lipinski definition) is 5. The van der Waals surface area contributed by atoms with E-state index in [0.717, 1.165) is 35.6 Å². The van der Waals surface area contributed by atoms with E-state index < -0.39 is 5.41 Å². The van der Waals surface area contributed by atoms with Crippen molar-refractivity contribution < 1.29 is 23.4 Å². The molecular formula is C41H48B2O5. The molecule has 5 nitrogen and oxygen atoms in total. The predicted octanol–water partition coefficient (Wildman–Crippen LogP) is 7.38. The van der Waals surface area contributed by atoms with Crippen molar-refractivity contribution in [3.8, 4) is 16.9 Å². The summed E-state index contributed by atoms with van der Waals surface area (Å²) in [4.78, 5) is 0. The molecule has 0 N–H and O–H groups in total. The third-order valence-corrected chi connectivity index (χ3v) is 10.4. The highest BCUT2D eigenvalue weighted by molar-refractivity contribution is 6.62. The normalized spacial score (nSPS) is 17.2. The van der Waals surface area contributed by atoms with Crippen LogP contribution in [0.3, 0.4) is 0 Å². The summed E-state index contributed by atoms with van der Waals surface area (Å²) in [6, 6.07) is 29.1. The minimum absolute atomic E-state index is 0.366. The van der Waals surface area contributed by atoms with Gasteiger partial charge in [-0.15, -0.1) is 0 Å². The van der Waals surface area contributed by atoms with Crippen molar-refractivity contribution in [2.24, 2.45) is 11.8 Å². The number of rotatable bonds is 12. The zero-order valence-electron chi connectivity index (χ0n) is 29.2. The molecule has 1 unspecified atom stereocenters. The van der Waals surface area contributed by atoms with Crippen LogP contribution in [0.4, 0.5) is 0 Å². The Kier molecular flexibility index (Phi) is 9.84. The number of fused-ring (bicyclic) bond motifs is 3. The van der Waals surface area contributed by atoms with Crippen molar-refractivity contribution in [3.63, 3.8) is 0 Å². The van der Waals surface area contributed by atoms with E-state index in [1.807, 2.05) is 0 Å². The van der Waals surface area contributed by atoms with Gasteiger partial charge in [-0.05, 0) is 94.1 Å². The van der Waals surface area contributed by atoms with Gasteiger partial charge in [0.25, 0.3) is 0 Å². The van der Waals surface area contributed by atoms with Crippen LogP contribution in [0, 0.1) is 25.7 Å². The molecule has 1 atom stereocenters. The van der Waals surface area contributed by atoms with Crippen LogP contribution in [0.1, 0.15) is 79.8 Å². The van der Waals surface area contributed by atoms with Gasteiger partial charge in [0.15, 0.2) is 0 Å². The third-order valence-electron chi connectivity index (χ3n) is 10.4. The van der Waals surface area contributed by atoms with Gasteiger partial charge in [0.1, 0.15) is 5.75 Å². The van der Waals surface area contributed by atoms with Gasteiger partial charge >= 0.3 is 14.2 Å². The van der Waals surface area contributed by atoms with E-state index in [0.29, 0.717) is 32.3 Å². The largest absolute Gasteiger partial charge is 0.494 e. The van der Waals surface area contributed by atoms with E-state index in [4.69, 9.17) is 23.4 Å². The maximum absolute atomic E-state index is 6.35. The molecule has 4 aromatic rings. The molecule has 2 fully saturated rings. The van der Waals surface area contributed by atoms with E-state index in [1.54, 1.807) is 0 Å². The zero-order valence-corrected chi connectivity index (χ0v) is 29.2. The van der Waals surface area contributed by atoms with Crippen molar-refractivity contribution in [3.05, 3.63) is 112 Å². The number of hydrogen-bond donors (Lipinski definition) is 0. The monoisotopic (exact) mass is 642 g/mol. The van der Waals surface area contributed by atoms with Gasteiger partial charge in [0.05, 0.1) is 38.4 Å². The van der Waals surface area contributed by atoms with Crippen LogP contribution in [0.2, 0.25) is 0 Å². The van der Waals surface area contributed by atoms with Crippen molar-refractivity contribution in [2.75, 3.05) is 33.0 Å². The molecule has 2 saturated heterocycles. The molecule has 248 valence electrons. The molecule has 7 rings (SSSR count).